The van der Waals surface area contributed by atoms with Crippen LogP contribution in [0, 0.1) is 11.3 Å². The van der Waals surface area contributed by atoms with Gasteiger partial charge in [-0.3, -0.25) is 4.79 Å². The average Bonchev–Trinajstić information content (AvgIpc) is 2.30. The molecule has 0 atom stereocenters. The zero-order valence-electron chi connectivity index (χ0n) is 10.4. The molecule has 0 saturated heterocycles. The minimum Gasteiger partial charge on any atom is -0.481 e. The van der Waals surface area contributed by atoms with Gasteiger partial charge in [0.2, 0.25) is 0 Å². The molecule has 18 heavy (non-hydrogen) atoms. The lowest BCUT2D eigenvalue weighted by molar-refractivity contribution is -0.136. The van der Waals surface area contributed by atoms with Gasteiger partial charge >= 0.3 is 5.97 Å². The van der Waals surface area contributed by atoms with Crippen LogP contribution >= 0.6 is 15.9 Å². The molecule has 0 saturated carbocycles. The zero-order valence-corrected chi connectivity index (χ0v) is 11.9. The molecule has 0 bridgehead atoms. The van der Waals surface area contributed by atoms with Crippen LogP contribution in [0.3, 0.4) is 0 Å². The van der Waals surface area contributed by atoms with Crippen LogP contribution in [0.2, 0.25) is 0 Å². The molecular formula is C13H15BrN2O2. The molecule has 96 valence electrons. The Kier molecular flexibility index (Phi) is 5.17. The summed E-state index contributed by atoms with van der Waals surface area (Å²) < 4.78 is 0.838. The first-order chi connectivity index (χ1) is 8.45. The molecule has 0 aromatic heterocycles. The quantitative estimate of drug-likeness (QED) is 0.908. The molecule has 0 aliphatic carbocycles. The van der Waals surface area contributed by atoms with Gasteiger partial charge < -0.3 is 10.0 Å². The van der Waals surface area contributed by atoms with Crippen molar-refractivity contribution >= 4 is 27.6 Å². The van der Waals surface area contributed by atoms with Crippen molar-refractivity contribution in [2.45, 2.75) is 26.3 Å². The maximum atomic E-state index is 10.7. The van der Waals surface area contributed by atoms with Crippen LogP contribution in [0.25, 0.3) is 0 Å². The molecule has 1 aromatic rings. The third-order valence-electron chi connectivity index (χ3n) is 2.58. The van der Waals surface area contributed by atoms with E-state index >= 15 is 0 Å². The van der Waals surface area contributed by atoms with E-state index in [0.717, 1.165) is 10.2 Å². The Bertz CT molecular complexity index is 480. The number of carbonyl (C=O) groups is 1. The molecule has 0 aliphatic heterocycles. The first kappa shape index (κ1) is 14.5. The van der Waals surface area contributed by atoms with Crippen LogP contribution in [-0.2, 0) is 4.79 Å². The highest BCUT2D eigenvalue weighted by molar-refractivity contribution is 9.10. The topological polar surface area (TPSA) is 64.3 Å². The summed E-state index contributed by atoms with van der Waals surface area (Å²) in [5.74, 6) is -0.837. The summed E-state index contributed by atoms with van der Waals surface area (Å²) in [6.45, 7) is 4.35. The Labute approximate surface area is 115 Å². The van der Waals surface area contributed by atoms with Gasteiger partial charge in [-0.2, -0.15) is 5.26 Å². The van der Waals surface area contributed by atoms with Crippen LogP contribution in [0.1, 0.15) is 25.8 Å². The average molecular weight is 311 g/mol. The summed E-state index contributed by atoms with van der Waals surface area (Å²) >= 11 is 3.32. The van der Waals surface area contributed by atoms with Gasteiger partial charge in [-0.1, -0.05) is 15.9 Å². The maximum absolute atomic E-state index is 10.7. The molecule has 1 N–H and O–H groups in total. The van der Waals surface area contributed by atoms with Crippen molar-refractivity contribution in [1.29, 1.82) is 5.26 Å². The second-order valence-corrected chi connectivity index (χ2v) is 5.12. The lowest BCUT2D eigenvalue weighted by Crippen LogP contribution is -2.33. The van der Waals surface area contributed by atoms with Crippen molar-refractivity contribution in [3.05, 3.63) is 28.2 Å². The summed E-state index contributed by atoms with van der Waals surface area (Å²) in [4.78, 5) is 12.6. The van der Waals surface area contributed by atoms with Gasteiger partial charge in [0, 0.05) is 17.1 Å². The van der Waals surface area contributed by atoms with E-state index in [1.54, 1.807) is 6.07 Å². The lowest BCUT2D eigenvalue weighted by atomic mass is 10.1. The van der Waals surface area contributed by atoms with E-state index in [1.807, 2.05) is 30.9 Å². The standard InChI is InChI=1S/C13H15BrN2O2/c1-9(2)16(6-5-13(17)18)12-4-3-11(14)7-10(12)8-15/h3-4,7,9H,5-6H2,1-2H3,(H,17,18). The fourth-order valence-corrected chi connectivity index (χ4v) is 2.08. The molecule has 0 aliphatic rings. The number of benzene rings is 1. The minimum absolute atomic E-state index is 0.0547. The number of nitriles is 1. The monoisotopic (exact) mass is 310 g/mol. The Balaban J connectivity index is 3.06. The molecule has 0 heterocycles. The lowest BCUT2D eigenvalue weighted by Gasteiger charge is -2.29. The first-order valence-corrected chi connectivity index (χ1v) is 6.43. The highest BCUT2D eigenvalue weighted by atomic mass is 79.9. The SMILES string of the molecule is CC(C)N(CCC(=O)O)c1ccc(Br)cc1C#N. The molecule has 4 nitrogen and oxygen atoms in total. The fraction of sp³-hybridized carbons (Fsp3) is 0.385. The third-order valence-corrected chi connectivity index (χ3v) is 3.07. The van der Waals surface area contributed by atoms with Crippen molar-refractivity contribution < 1.29 is 9.90 Å². The van der Waals surface area contributed by atoms with Gasteiger partial charge in [-0.15, -0.1) is 0 Å². The fourth-order valence-electron chi connectivity index (χ4n) is 1.72. The van der Waals surface area contributed by atoms with Crippen LogP contribution in [-0.4, -0.2) is 23.7 Å². The Morgan fingerprint density at radius 3 is 2.72 bits per heavy atom. The van der Waals surface area contributed by atoms with Crippen molar-refractivity contribution in [1.82, 2.24) is 0 Å². The van der Waals surface area contributed by atoms with Gasteiger partial charge in [-0.25, -0.2) is 0 Å². The van der Waals surface area contributed by atoms with E-state index in [9.17, 15) is 4.79 Å². The van der Waals surface area contributed by atoms with Crippen LogP contribution in [0.15, 0.2) is 22.7 Å². The largest absolute Gasteiger partial charge is 0.481 e. The normalized spacial score (nSPS) is 10.2. The van der Waals surface area contributed by atoms with Gasteiger partial charge in [0.1, 0.15) is 6.07 Å². The molecule has 0 amide bonds. The van der Waals surface area contributed by atoms with E-state index in [2.05, 4.69) is 22.0 Å². The molecular weight excluding hydrogens is 296 g/mol. The van der Waals surface area contributed by atoms with E-state index in [0.29, 0.717) is 12.1 Å². The zero-order chi connectivity index (χ0) is 13.7. The van der Waals surface area contributed by atoms with Crippen molar-refractivity contribution in [2.24, 2.45) is 0 Å². The number of hydrogen-bond donors (Lipinski definition) is 1. The molecule has 5 heteroatoms. The number of anilines is 1. The van der Waals surface area contributed by atoms with Crippen LogP contribution in [0.4, 0.5) is 5.69 Å². The second-order valence-electron chi connectivity index (χ2n) is 4.20. The number of carboxylic acids is 1. The summed E-state index contributed by atoms with van der Waals surface area (Å²) in [6.07, 6.45) is 0.0547. The van der Waals surface area contributed by atoms with Gasteiger partial charge in [0.25, 0.3) is 0 Å². The summed E-state index contributed by atoms with van der Waals surface area (Å²) in [5.41, 5.74) is 1.32. The van der Waals surface area contributed by atoms with Crippen molar-refractivity contribution in [3.63, 3.8) is 0 Å². The molecule has 1 aromatic carbocycles. The van der Waals surface area contributed by atoms with E-state index in [-0.39, 0.29) is 12.5 Å². The van der Waals surface area contributed by atoms with Crippen molar-refractivity contribution in [2.75, 3.05) is 11.4 Å². The first-order valence-electron chi connectivity index (χ1n) is 5.63. The number of halogens is 1. The summed E-state index contributed by atoms with van der Waals surface area (Å²) in [6, 6.07) is 7.71. The predicted octanol–water partition coefficient (Wildman–Crippen LogP) is 3.01. The number of carboxylic acid groups (broad SMARTS) is 1. The summed E-state index contributed by atoms with van der Waals surface area (Å²) in [5, 5.41) is 17.9. The predicted molar refractivity (Wildman–Crippen MR) is 73.6 cm³/mol. The smallest absolute Gasteiger partial charge is 0.305 e. The molecule has 0 radical (unpaired) electrons. The van der Waals surface area contributed by atoms with E-state index < -0.39 is 5.97 Å². The maximum Gasteiger partial charge on any atom is 0.305 e. The second kappa shape index (κ2) is 6.41. The van der Waals surface area contributed by atoms with Crippen LogP contribution in [0.5, 0.6) is 0 Å². The molecule has 1 rings (SSSR count). The van der Waals surface area contributed by atoms with Crippen molar-refractivity contribution in [3.8, 4) is 6.07 Å². The number of aliphatic carboxylic acids is 1. The van der Waals surface area contributed by atoms with Gasteiger partial charge in [0.05, 0.1) is 17.7 Å². The third kappa shape index (κ3) is 3.74. The number of nitrogens with zero attached hydrogens (tertiary/aromatic N) is 2. The highest BCUT2D eigenvalue weighted by Crippen LogP contribution is 2.25. The Hall–Kier alpha value is -1.54. The molecule has 0 unspecified atom stereocenters. The highest BCUT2D eigenvalue weighted by Gasteiger charge is 2.15. The minimum atomic E-state index is -0.837. The van der Waals surface area contributed by atoms with Crippen LogP contribution < -0.4 is 4.90 Å². The Morgan fingerprint density at radius 2 is 2.22 bits per heavy atom. The number of rotatable bonds is 5. The summed E-state index contributed by atoms with van der Waals surface area (Å²) in [7, 11) is 0. The van der Waals surface area contributed by atoms with Gasteiger partial charge in [0.15, 0.2) is 0 Å². The number of hydrogen-bond acceptors (Lipinski definition) is 3. The Morgan fingerprint density at radius 1 is 1.56 bits per heavy atom. The van der Waals surface area contributed by atoms with Gasteiger partial charge in [-0.05, 0) is 32.0 Å². The molecule has 0 spiro atoms. The van der Waals surface area contributed by atoms with E-state index in [1.165, 1.54) is 0 Å². The molecule has 0 fully saturated rings. The van der Waals surface area contributed by atoms with E-state index in [4.69, 9.17) is 10.4 Å².